The van der Waals surface area contributed by atoms with Gasteiger partial charge in [-0.3, -0.25) is 9.52 Å². The zero-order valence-electron chi connectivity index (χ0n) is 18.8. The summed E-state index contributed by atoms with van der Waals surface area (Å²) in [5, 5.41) is 9.49. The first-order chi connectivity index (χ1) is 15.7. The number of benzene rings is 3. The second-order valence-corrected chi connectivity index (χ2v) is 10.3. The van der Waals surface area contributed by atoms with Crippen molar-refractivity contribution in [2.45, 2.75) is 37.5 Å². The van der Waals surface area contributed by atoms with Gasteiger partial charge in [0.1, 0.15) is 5.75 Å². The van der Waals surface area contributed by atoms with Crippen LogP contribution in [0.5, 0.6) is 5.75 Å². The van der Waals surface area contributed by atoms with E-state index in [1.807, 2.05) is 38.1 Å². The van der Waals surface area contributed by atoms with Gasteiger partial charge in [0.15, 0.2) is 0 Å². The Balaban J connectivity index is 1.48. The highest BCUT2D eigenvalue weighted by molar-refractivity contribution is 7.92. The molecule has 0 saturated carbocycles. The second kappa shape index (κ2) is 9.27. The van der Waals surface area contributed by atoms with Crippen LogP contribution in [-0.2, 0) is 10.0 Å². The Morgan fingerprint density at radius 1 is 0.939 bits per heavy atom. The van der Waals surface area contributed by atoms with Gasteiger partial charge >= 0.3 is 0 Å². The molecule has 1 amide bonds. The Hall–Kier alpha value is -3.32. The van der Waals surface area contributed by atoms with Crippen LogP contribution in [0.25, 0.3) is 0 Å². The van der Waals surface area contributed by atoms with Crippen LogP contribution in [0.15, 0.2) is 71.6 Å². The predicted molar refractivity (Wildman–Crippen MR) is 129 cm³/mol. The lowest BCUT2D eigenvalue weighted by Gasteiger charge is -2.32. The molecule has 0 radical (unpaired) electrons. The van der Waals surface area contributed by atoms with E-state index in [2.05, 4.69) is 4.72 Å². The van der Waals surface area contributed by atoms with Crippen molar-refractivity contribution in [3.8, 4) is 5.75 Å². The number of amides is 1. The third kappa shape index (κ3) is 5.20. The van der Waals surface area contributed by atoms with Crippen molar-refractivity contribution in [1.82, 2.24) is 4.90 Å². The molecule has 7 heteroatoms. The maximum Gasteiger partial charge on any atom is 0.261 e. The summed E-state index contributed by atoms with van der Waals surface area (Å²) in [5.41, 5.74) is 3.83. The van der Waals surface area contributed by atoms with Gasteiger partial charge in [-0.25, -0.2) is 8.42 Å². The van der Waals surface area contributed by atoms with Crippen molar-refractivity contribution >= 4 is 21.6 Å². The first-order valence-corrected chi connectivity index (χ1v) is 12.5. The summed E-state index contributed by atoms with van der Waals surface area (Å²) in [6.07, 6.45) is 1.64. The number of aromatic hydroxyl groups is 1. The van der Waals surface area contributed by atoms with E-state index >= 15 is 0 Å². The molecule has 6 nitrogen and oxygen atoms in total. The number of carbonyl (C=O) groups excluding carboxylic acids is 1. The van der Waals surface area contributed by atoms with Gasteiger partial charge in [-0.2, -0.15) is 0 Å². The standard InChI is InChI=1S/C26H28N2O4S/c1-18-3-8-22(9-4-18)27-33(31,32)24-12-5-19(2)25(17-24)26(30)28-15-13-21(14-16-28)20-6-10-23(29)11-7-20/h3-12,17,21,27,29H,13-16H2,1-2H3. The van der Waals surface area contributed by atoms with Gasteiger partial charge in [-0.1, -0.05) is 35.9 Å². The fourth-order valence-electron chi connectivity index (χ4n) is 4.17. The Kier molecular flexibility index (Phi) is 6.42. The molecule has 0 atom stereocenters. The average molecular weight is 465 g/mol. The molecule has 1 fully saturated rings. The SMILES string of the molecule is Cc1ccc(NS(=O)(=O)c2ccc(C)c(C(=O)N3CCC(c4ccc(O)cc4)CC3)c2)cc1. The molecular weight excluding hydrogens is 436 g/mol. The monoisotopic (exact) mass is 464 g/mol. The smallest absolute Gasteiger partial charge is 0.261 e. The molecule has 2 N–H and O–H groups in total. The lowest BCUT2D eigenvalue weighted by atomic mass is 9.89. The summed E-state index contributed by atoms with van der Waals surface area (Å²) < 4.78 is 28.4. The average Bonchev–Trinajstić information content (AvgIpc) is 2.81. The van der Waals surface area contributed by atoms with Crippen LogP contribution in [0, 0.1) is 13.8 Å². The number of aryl methyl sites for hydroxylation is 2. The Morgan fingerprint density at radius 2 is 1.58 bits per heavy atom. The number of carbonyl (C=O) groups is 1. The first kappa shape index (κ1) is 22.9. The van der Waals surface area contributed by atoms with Crippen LogP contribution in [0.2, 0.25) is 0 Å². The highest BCUT2D eigenvalue weighted by Crippen LogP contribution is 2.30. The van der Waals surface area contributed by atoms with E-state index in [0.29, 0.717) is 30.3 Å². The van der Waals surface area contributed by atoms with E-state index in [-0.39, 0.29) is 16.6 Å². The fourth-order valence-corrected chi connectivity index (χ4v) is 5.25. The molecule has 1 heterocycles. The van der Waals surface area contributed by atoms with Gasteiger partial charge in [-0.05, 0) is 80.1 Å². The quantitative estimate of drug-likeness (QED) is 0.566. The van der Waals surface area contributed by atoms with E-state index < -0.39 is 10.0 Å². The van der Waals surface area contributed by atoms with Crippen molar-refractivity contribution in [1.29, 1.82) is 0 Å². The molecule has 0 bridgehead atoms. The van der Waals surface area contributed by atoms with E-state index in [4.69, 9.17) is 0 Å². The molecule has 0 aliphatic carbocycles. The zero-order chi connectivity index (χ0) is 23.6. The molecule has 3 aromatic rings. The molecule has 4 rings (SSSR count). The number of piperidine rings is 1. The van der Waals surface area contributed by atoms with Gasteiger partial charge in [0, 0.05) is 24.3 Å². The number of sulfonamides is 1. The number of likely N-dealkylation sites (tertiary alicyclic amines) is 1. The van der Waals surface area contributed by atoms with Crippen molar-refractivity contribution in [3.63, 3.8) is 0 Å². The lowest BCUT2D eigenvalue weighted by Crippen LogP contribution is -2.38. The molecule has 0 unspecified atom stereocenters. The number of phenols is 1. The summed E-state index contributed by atoms with van der Waals surface area (Å²) >= 11 is 0. The minimum absolute atomic E-state index is 0.0657. The number of nitrogens with one attached hydrogen (secondary N) is 1. The summed E-state index contributed by atoms with van der Waals surface area (Å²) in [6, 6.07) is 19.0. The van der Waals surface area contributed by atoms with Crippen LogP contribution < -0.4 is 4.72 Å². The minimum Gasteiger partial charge on any atom is -0.508 e. The van der Waals surface area contributed by atoms with Crippen molar-refractivity contribution in [2.24, 2.45) is 0 Å². The molecule has 1 saturated heterocycles. The third-order valence-electron chi connectivity index (χ3n) is 6.20. The van der Waals surface area contributed by atoms with Crippen LogP contribution in [0.4, 0.5) is 5.69 Å². The summed E-state index contributed by atoms with van der Waals surface area (Å²) in [7, 11) is -3.82. The Labute approximate surface area is 194 Å². The van der Waals surface area contributed by atoms with Gasteiger partial charge < -0.3 is 10.0 Å². The maximum atomic E-state index is 13.3. The van der Waals surface area contributed by atoms with E-state index in [1.54, 1.807) is 35.2 Å². The Morgan fingerprint density at radius 3 is 2.21 bits per heavy atom. The predicted octanol–water partition coefficient (Wildman–Crippen LogP) is 4.83. The van der Waals surface area contributed by atoms with Gasteiger partial charge in [-0.15, -0.1) is 0 Å². The fraction of sp³-hybridized carbons (Fsp3) is 0.269. The van der Waals surface area contributed by atoms with E-state index in [1.165, 1.54) is 12.1 Å². The molecular formula is C26H28N2O4S. The number of phenolic OH excluding ortho intramolecular Hbond substituents is 1. The van der Waals surface area contributed by atoms with Gasteiger partial charge in [0.25, 0.3) is 15.9 Å². The highest BCUT2D eigenvalue weighted by atomic mass is 32.2. The summed E-state index contributed by atoms with van der Waals surface area (Å²) in [6.45, 7) is 4.95. The highest BCUT2D eigenvalue weighted by Gasteiger charge is 2.26. The number of rotatable bonds is 5. The minimum atomic E-state index is -3.82. The van der Waals surface area contributed by atoms with Gasteiger partial charge in [0.2, 0.25) is 0 Å². The molecule has 33 heavy (non-hydrogen) atoms. The molecule has 3 aromatic carbocycles. The second-order valence-electron chi connectivity index (χ2n) is 8.61. The zero-order valence-corrected chi connectivity index (χ0v) is 19.6. The topological polar surface area (TPSA) is 86.7 Å². The number of nitrogens with zero attached hydrogens (tertiary/aromatic N) is 1. The first-order valence-electron chi connectivity index (χ1n) is 11.0. The molecule has 1 aliphatic rings. The molecule has 0 spiro atoms. The van der Waals surface area contributed by atoms with Crippen molar-refractivity contribution in [2.75, 3.05) is 17.8 Å². The van der Waals surface area contributed by atoms with Crippen LogP contribution in [0.3, 0.4) is 0 Å². The number of hydrogen-bond donors (Lipinski definition) is 2. The lowest BCUT2D eigenvalue weighted by molar-refractivity contribution is 0.0712. The summed E-state index contributed by atoms with van der Waals surface area (Å²) in [4.78, 5) is 15.1. The molecule has 0 aromatic heterocycles. The van der Waals surface area contributed by atoms with Crippen LogP contribution in [0.1, 0.15) is 45.8 Å². The molecule has 1 aliphatic heterocycles. The largest absolute Gasteiger partial charge is 0.508 e. The van der Waals surface area contributed by atoms with Crippen molar-refractivity contribution in [3.05, 3.63) is 89.0 Å². The van der Waals surface area contributed by atoms with Crippen LogP contribution in [-0.4, -0.2) is 37.4 Å². The number of anilines is 1. The molecule has 172 valence electrons. The maximum absolute atomic E-state index is 13.3. The normalized spacial score (nSPS) is 14.8. The number of hydrogen-bond acceptors (Lipinski definition) is 4. The van der Waals surface area contributed by atoms with Gasteiger partial charge in [0.05, 0.1) is 4.90 Å². The van der Waals surface area contributed by atoms with E-state index in [9.17, 15) is 18.3 Å². The van der Waals surface area contributed by atoms with Crippen molar-refractivity contribution < 1.29 is 18.3 Å². The third-order valence-corrected chi connectivity index (χ3v) is 7.58. The van der Waals surface area contributed by atoms with Crippen LogP contribution >= 0.6 is 0 Å². The summed E-state index contributed by atoms with van der Waals surface area (Å²) in [5.74, 6) is 0.429. The van der Waals surface area contributed by atoms with E-state index in [0.717, 1.165) is 29.5 Å². The Bertz CT molecular complexity index is 1240.